The Morgan fingerprint density at radius 1 is 1.20 bits per heavy atom. The largest absolute Gasteiger partial charge is 0.379 e. The van der Waals surface area contributed by atoms with Gasteiger partial charge in [-0.2, -0.15) is 5.10 Å². The molecule has 2 aliphatic rings. The van der Waals surface area contributed by atoms with Crippen molar-refractivity contribution in [1.29, 1.82) is 0 Å². The molecule has 0 unspecified atom stereocenters. The van der Waals surface area contributed by atoms with Gasteiger partial charge in [0.05, 0.1) is 25.8 Å². The molecule has 9 nitrogen and oxygen atoms in total. The van der Waals surface area contributed by atoms with Crippen molar-refractivity contribution in [3.05, 3.63) is 53.7 Å². The van der Waals surface area contributed by atoms with Gasteiger partial charge in [-0.3, -0.25) is 14.8 Å². The summed E-state index contributed by atoms with van der Waals surface area (Å²) in [5, 5.41) is 11.2. The molecule has 2 fully saturated rings. The summed E-state index contributed by atoms with van der Waals surface area (Å²) in [5.74, 6) is 2.28. The molecule has 1 amide bonds. The zero-order valence-corrected chi connectivity index (χ0v) is 16.8. The second-order valence-electron chi connectivity index (χ2n) is 7.98. The number of rotatable bonds is 4. The highest BCUT2D eigenvalue weighted by molar-refractivity contribution is 5.93. The van der Waals surface area contributed by atoms with E-state index in [9.17, 15) is 4.79 Å². The normalized spacial score (nSPS) is 22.1. The van der Waals surface area contributed by atoms with Crippen LogP contribution in [0.1, 0.15) is 22.1 Å². The van der Waals surface area contributed by atoms with E-state index in [0.29, 0.717) is 44.3 Å². The number of H-pyrrole nitrogens is 1. The predicted molar refractivity (Wildman–Crippen MR) is 107 cm³/mol. The van der Waals surface area contributed by atoms with E-state index in [1.54, 1.807) is 6.07 Å². The Hall–Kier alpha value is -3.04. The lowest BCUT2D eigenvalue weighted by atomic mass is 10.1. The topological polar surface area (TPSA) is 100 Å². The maximum absolute atomic E-state index is 13.2. The van der Waals surface area contributed by atoms with Gasteiger partial charge >= 0.3 is 0 Å². The SMILES string of the molecule is Cc1nc(CN2C[C@H]3COC[C@@H]2CN(C(=O)c2cc(-c4ccccc4)on2)C3)n[nH]1. The lowest BCUT2D eigenvalue weighted by molar-refractivity contribution is 0.0398. The Balaban J connectivity index is 1.33. The van der Waals surface area contributed by atoms with Crippen molar-refractivity contribution in [2.75, 3.05) is 32.8 Å². The first-order chi connectivity index (χ1) is 14.7. The molecular formula is C21H24N6O3. The summed E-state index contributed by atoms with van der Waals surface area (Å²) in [4.78, 5) is 21.8. The minimum Gasteiger partial charge on any atom is -0.379 e. The second-order valence-corrected chi connectivity index (χ2v) is 7.98. The first-order valence-electron chi connectivity index (χ1n) is 10.2. The number of carbonyl (C=O) groups is 1. The fourth-order valence-electron chi connectivity index (χ4n) is 4.21. The first kappa shape index (κ1) is 19.0. The van der Waals surface area contributed by atoms with Crippen molar-refractivity contribution in [2.45, 2.75) is 19.5 Å². The minimum absolute atomic E-state index is 0.0840. The van der Waals surface area contributed by atoms with E-state index in [1.165, 1.54) is 0 Å². The van der Waals surface area contributed by atoms with Crippen molar-refractivity contribution in [1.82, 2.24) is 30.1 Å². The van der Waals surface area contributed by atoms with E-state index in [0.717, 1.165) is 23.8 Å². The molecule has 2 aromatic heterocycles. The number of amides is 1. The molecule has 2 bridgehead atoms. The fraction of sp³-hybridized carbons (Fsp3) is 0.429. The molecule has 2 atom stereocenters. The molecular weight excluding hydrogens is 384 g/mol. The molecule has 156 valence electrons. The molecule has 4 heterocycles. The first-order valence-corrected chi connectivity index (χ1v) is 10.2. The molecule has 0 aliphatic carbocycles. The number of ether oxygens (including phenoxy) is 1. The standard InChI is InChI=1S/C21H24N6O3/c1-14-22-20(24-23-14)11-26-8-15-9-27(10-17(26)13-29-12-15)21(28)18-7-19(30-25-18)16-5-3-2-4-6-16/h2-7,15,17H,8-13H2,1H3,(H,22,23,24)/t15-,17+/m1/s1. The van der Waals surface area contributed by atoms with E-state index in [2.05, 4.69) is 25.2 Å². The summed E-state index contributed by atoms with van der Waals surface area (Å²) in [5.41, 5.74) is 1.24. The summed E-state index contributed by atoms with van der Waals surface area (Å²) in [7, 11) is 0. The van der Waals surface area contributed by atoms with Crippen molar-refractivity contribution < 1.29 is 14.1 Å². The smallest absolute Gasteiger partial charge is 0.276 e. The Kier molecular flexibility index (Phi) is 5.06. The number of aromatic nitrogens is 4. The van der Waals surface area contributed by atoms with Crippen LogP contribution in [0.25, 0.3) is 11.3 Å². The Bertz CT molecular complexity index is 1020. The van der Waals surface area contributed by atoms with Crippen molar-refractivity contribution in [2.24, 2.45) is 5.92 Å². The van der Waals surface area contributed by atoms with Crippen LogP contribution in [-0.4, -0.2) is 74.9 Å². The number of nitrogens with one attached hydrogen (secondary N) is 1. The Labute approximate surface area is 174 Å². The summed E-state index contributed by atoms with van der Waals surface area (Å²) >= 11 is 0. The van der Waals surface area contributed by atoms with Crippen LogP contribution in [0.5, 0.6) is 0 Å². The van der Waals surface area contributed by atoms with Crippen LogP contribution in [0.3, 0.4) is 0 Å². The van der Waals surface area contributed by atoms with E-state index >= 15 is 0 Å². The quantitative estimate of drug-likeness (QED) is 0.702. The van der Waals surface area contributed by atoms with Crippen LogP contribution >= 0.6 is 0 Å². The van der Waals surface area contributed by atoms with Gasteiger partial charge in [0, 0.05) is 37.2 Å². The van der Waals surface area contributed by atoms with Gasteiger partial charge < -0.3 is 14.2 Å². The highest BCUT2D eigenvalue weighted by atomic mass is 16.5. The number of aromatic amines is 1. The van der Waals surface area contributed by atoms with E-state index < -0.39 is 0 Å². The molecule has 2 saturated heterocycles. The minimum atomic E-state index is -0.103. The fourth-order valence-corrected chi connectivity index (χ4v) is 4.21. The van der Waals surface area contributed by atoms with Gasteiger partial charge in [0.1, 0.15) is 5.82 Å². The molecule has 1 N–H and O–H groups in total. The number of nitrogens with zero attached hydrogens (tertiary/aromatic N) is 5. The summed E-state index contributed by atoms with van der Waals surface area (Å²) in [6, 6.07) is 11.5. The number of hydrogen-bond acceptors (Lipinski definition) is 7. The number of aryl methyl sites for hydroxylation is 1. The average Bonchev–Trinajstić information content (AvgIpc) is 3.30. The molecule has 1 aromatic carbocycles. The second kappa shape index (κ2) is 8.00. The highest BCUT2D eigenvalue weighted by Crippen LogP contribution is 2.24. The molecule has 2 aliphatic heterocycles. The van der Waals surface area contributed by atoms with Crippen LogP contribution in [0, 0.1) is 12.8 Å². The van der Waals surface area contributed by atoms with E-state index in [1.807, 2.05) is 42.2 Å². The number of fused-ring (bicyclic) bond motifs is 3. The predicted octanol–water partition coefficient (Wildman–Crippen LogP) is 1.74. The highest BCUT2D eigenvalue weighted by Gasteiger charge is 2.36. The number of carbonyl (C=O) groups excluding carboxylic acids is 1. The van der Waals surface area contributed by atoms with E-state index in [-0.39, 0.29) is 17.9 Å². The van der Waals surface area contributed by atoms with Gasteiger partial charge in [0.2, 0.25) is 0 Å². The van der Waals surface area contributed by atoms with Crippen molar-refractivity contribution >= 4 is 5.91 Å². The number of benzene rings is 1. The lowest BCUT2D eigenvalue weighted by Gasteiger charge is -2.30. The third-order valence-corrected chi connectivity index (χ3v) is 5.65. The zero-order chi connectivity index (χ0) is 20.5. The van der Waals surface area contributed by atoms with Gasteiger partial charge in [-0.15, -0.1) is 0 Å². The monoisotopic (exact) mass is 408 g/mol. The zero-order valence-electron chi connectivity index (χ0n) is 16.8. The van der Waals surface area contributed by atoms with Gasteiger partial charge in [0.25, 0.3) is 5.91 Å². The van der Waals surface area contributed by atoms with Gasteiger partial charge in [0.15, 0.2) is 17.3 Å². The van der Waals surface area contributed by atoms with Crippen LogP contribution in [-0.2, 0) is 11.3 Å². The third-order valence-electron chi connectivity index (χ3n) is 5.65. The average molecular weight is 408 g/mol. The van der Waals surface area contributed by atoms with Crippen LogP contribution in [0.15, 0.2) is 40.9 Å². The summed E-state index contributed by atoms with van der Waals surface area (Å²) in [6.07, 6.45) is 0. The van der Waals surface area contributed by atoms with Crippen LogP contribution < -0.4 is 0 Å². The maximum atomic E-state index is 13.2. The Morgan fingerprint density at radius 2 is 2.07 bits per heavy atom. The van der Waals surface area contributed by atoms with Crippen molar-refractivity contribution in [3.8, 4) is 11.3 Å². The molecule has 0 spiro atoms. The molecule has 0 radical (unpaired) electrons. The third kappa shape index (κ3) is 3.86. The maximum Gasteiger partial charge on any atom is 0.276 e. The number of hydrogen-bond donors (Lipinski definition) is 1. The summed E-state index contributed by atoms with van der Waals surface area (Å²) in [6.45, 7) is 5.80. The molecule has 9 heteroatoms. The summed E-state index contributed by atoms with van der Waals surface area (Å²) < 4.78 is 11.3. The van der Waals surface area contributed by atoms with Gasteiger partial charge in [-0.05, 0) is 6.92 Å². The molecule has 30 heavy (non-hydrogen) atoms. The van der Waals surface area contributed by atoms with Crippen LogP contribution in [0.4, 0.5) is 0 Å². The lowest BCUT2D eigenvalue weighted by Crippen LogP contribution is -2.45. The van der Waals surface area contributed by atoms with Crippen LogP contribution in [0.2, 0.25) is 0 Å². The van der Waals surface area contributed by atoms with E-state index in [4.69, 9.17) is 9.26 Å². The van der Waals surface area contributed by atoms with Crippen molar-refractivity contribution in [3.63, 3.8) is 0 Å². The molecule has 0 saturated carbocycles. The molecule has 5 rings (SSSR count). The van der Waals surface area contributed by atoms with Gasteiger partial charge in [-0.1, -0.05) is 35.5 Å². The molecule has 3 aromatic rings. The Morgan fingerprint density at radius 3 is 2.87 bits per heavy atom. The van der Waals surface area contributed by atoms with Gasteiger partial charge in [-0.25, -0.2) is 4.98 Å².